The predicted molar refractivity (Wildman–Crippen MR) is 60.5 cm³/mol. The molecule has 78 valence electrons. The first-order chi connectivity index (χ1) is 6.56. The summed E-state index contributed by atoms with van der Waals surface area (Å²) in [6, 6.07) is 0. The number of allylic oxidation sites excluding steroid dienone is 4. The van der Waals surface area contributed by atoms with E-state index in [0.717, 1.165) is 0 Å². The molecule has 0 aliphatic heterocycles. The Labute approximate surface area is 87.7 Å². The fourth-order valence-electron chi connectivity index (χ4n) is 1.85. The second-order valence-electron chi connectivity index (χ2n) is 4.05. The Morgan fingerprint density at radius 1 is 1.57 bits per heavy atom. The number of rotatable bonds is 3. The van der Waals surface area contributed by atoms with Crippen LogP contribution in [-0.2, 0) is 9.32 Å². The summed E-state index contributed by atoms with van der Waals surface area (Å²) in [6.45, 7) is 6.13. The SMILES string of the molecule is CC1=CC(C(C(=O)OP)C(C)C)C=C1. The molecule has 0 bridgehead atoms. The second-order valence-corrected chi connectivity index (χ2v) is 4.29. The number of hydrogen-bond acceptors (Lipinski definition) is 2. The van der Waals surface area contributed by atoms with E-state index in [1.54, 1.807) is 0 Å². The van der Waals surface area contributed by atoms with Gasteiger partial charge in [0.25, 0.3) is 0 Å². The number of hydrogen-bond donors (Lipinski definition) is 0. The van der Waals surface area contributed by atoms with Gasteiger partial charge in [-0.3, -0.25) is 4.79 Å². The Kier molecular flexibility index (Phi) is 3.88. The molecule has 0 amide bonds. The zero-order chi connectivity index (χ0) is 10.7. The van der Waals surface area contributed by atoms with Crippen LogP contribution in [0.2, 0.25) is 0 Å². The molecule has 0 aromatic heterocycles. The Bertz CT molecular complexity index is 279. The number of carbonyl (C=O) groups excluding carboxylic acids is 1. The topological polar surface area (TPSA) is 26.3 Å². The van der Waals surface area contributed by atoms with Crippen LogP contribution in [0, 0.1) is 17.8 Å². The van der Waals surface area contributed by atoms with Gasteiger partial charge in [0.05, 0.1) is 15.4 Å². The van der Waals surface area contributed by atoms with Crippen LogP contribution in [0.3, 0.4) is 0 Å². The summed E-state index contributed by atoms with van der Waals surface area (Å²) < 4.78 is 4.74. The third-order valence-corrected chi connectivity index (χ3v) is 2.79. The first kappa shape index (κ1) is 11.5. The molecule has 3 atom stereocenters. The first-order valence-corrected chi connectivity index (χ1v) is 5.30. The van der Waals surface area contributed by atoms with Crippen molar-refractivity contribution in [3.63, 3.8) is 0 Å². The third-order valence-electron chi connectivity index (χ3n) is 2.56. The van der Waals surface area contributed by atoms with E-state index >= 15 is 0 Å². The van der Waals surface area contributed by atoms with Gasteiger partial charge in [-0.15, -0.1) is 0 Å². The number of carbonyl (C=O) groups is 1. The Balaban J connectivity index is 2.80. The van der Waals surface area contributed by atoms with Gasteiger partial charge >= 0.3 is 5.97 Å². The zero-order valence-corrected chi connectivity index (χ0v) is 10.0. The van der Waals surface area contributed by atoms with Crippen molar-refractivity contribution >= 4 is 15.4 Å². The van der Waals surface area contributed by atoms with Crippen molar-refractivity contribution in [1.82, 2.24) is 0 Å². The van der Waals surface area contributed by atoms with Crippen molar-refractivity contribution in [3.8, 4) is 0 Å². The van der Waals surface area contributed by atoms with Crippen molar-refractivity contribution in [2.24, 2.45) is 17.8 Å². The minimum Gasteiger partial charge on any atom is -0.451 e. The van der Waals surface area contributed by atoms with Gasteiger partial charge in [0.1, 0.15) is 0 Å². The largest absolute Gasteiger partial charge is 0.451 e. The van der Waals surface area contributed by atoms with E-state index in [1.165, 1.54) is 5.57 Å². The smallest absolute Gasteiger partial charge is 0.312 e. The fourth-order valence-corrected chi connectivity index (χ4v) is 2.01. The fraction of sp³-hybridized carbons (Fsp3) is 0.545. The standard InChI is InChI=1S/C11H17O2P/c1-7(2)10(11(12)13-14)9-5-4-8(3)6-9/h4-7,9-10H,14H2,1-3H3. The minimum absolute atomic E-state index is 0.0683. The van der Waals surface area contributed by atoms with Gasteiger partial charge in [-0.2, -0.15) is 0 Å². The quantitative estimate of drug-likeness (QED) is 0.672. The summed E-state index contributed by atoms with van der Waals surface area (Å²) in [5, 5.41) is 0. The lowest BCUT2D eigenvalue weighted by Gasteiger charge is -2.21. The van der Waals surface area contributed by atoms with Crippen LogP contribution in [0.5, 0.6) is 0 Å². The molecule has 1 rings (SSSR count). The van der Waals surface area contributed by atoms with E-state index in [4.69, 9.17) is 4.52 Å². The third kappa shape index (κ3) is 2.45. The minimum atomic E-state index is -0.148. The lowest BCUT2D eigenvalue weighted by atomic mass is 9.84. The Hall–Kier alpha value is -0.620. The molecule has 14 heavy (non-hydrogen) atoms. The van der Waals surface area contributed by atoms with Gasteiger partial charge in [0, 0.05) is 5.92 Å². The lowest BCUT2D eigenvalue weighted by molar-refractivity contribution is -0.140. The highest BCUT2D eigenvalue weighted by Crippen LogP contribution is 2.30. The van der Waals surface area contributed by atoms with E-state index in [1.807, 2.05) is 30.2 Å². The molecule has 1 aliphatic carbocycles. The van der Waals surface area contributed by atoms with E-state index in [9.17, 15) is 4.79 Å². The van der Waals surface area contributed by atoms with Crippen LogP contribution in [-0.4, -0.2) is 5.97 Å². The molecular formula is C11H17O2P. The van der Waals surface area contributed by atoms with Gasteiger partial charge in [0.2, 0.25) is 0 Å². The monoisotopic (exact) mass is 212 g/mol. The van der Waals surface area contributed by atoms with Crippen LogP contribution in [0.25, 0.3) is 0 Å². The molecule has 0 heterocycles. The molecule has 0 N–H and O–H groups in total. The molecule has 0 radical (unpaired) electrons. The van der Waals surface area contributed by atoms with Crippen LogP contribution in [0.4, 0.5) is 0 Å². The van der Waals surface area contributed by atoms with Gasteiger partial charge in [-0.1, -0.05) is 37.6 Å². The van der Waals surface area contributed by atoms with Crippen LogP contribution in [0.1, 0.15) is 20.8 Å². The summed E-state index contributed by atoms with van der Waals surface area (Å²) in [4.78, 5) is 11.5. The van der Waals surface area contributed by atoms with Crippen LogP contribution in [0.15, 0.2) is 23.8 Å². The highest BCUT2D eigenvalue weighted by Gasteiger charge is 2.30. The summed E-state index contributed by atoms with van der Waals surface area (Å²) in [5.41, 5.74) is 1.22. The average Bonchev–Trinajstić information content (AvgIpc) is 2.51. The molecular weight excluding hydrogens is 195 g/mol. The molecule has 1 aliphatic rings. The molecule has 0 saturated carbocycles. The van der Waals surface area contributed by atoms with E-state index in [0.29, 0.717) is 5.92 Å². The molecule has 3 unspecified atom stereocenters. The zero-order valence-electron chi connectivity index (χ0n) is 8.86. The van der Waals surface area contributed by atoms with Gasteiger partial charge in [-0.05, 0) is 12.8 Å². The van der Waals surface area contributed by atoms with Crippen molar-refractivity contribution in [2.45, 2.75) is 20.8 Å². The maximum Gasteiger partial charge on any atom is 0.312 e. The summed E-state index contributed by atoms with van der Waals surface area (Å²) in [5.74, 6) is 0.273. The molecule has 0 fully saturated rings. The maximum absolute atomic E-state index is 11.5. The van der Waals surface area contributed by atoms with E-state index in [2.05, 4.69) is 18.2 Å². The lowest BCUT2D eigenvalue weighted by Crippen LogP contribution is -2.26. The van der Waals surface area contributed by atoms with Gasteiger partial charge in [0.15, 0.2) is 0 Å². The predicted octanol–water partition coefficient (Wildman–Crippen LogP) is 2.72. The molecule has 0 spiro atoms. The molecule has 0 aromatic carbocycles. The van der Waals surface area contributed by atoms with Crippen molar-refractivity contribution < 1.29 is 9.32 Å². The van der Waals surface area contributed by atoms with Gasteiger partial charge in [-0.25, -0.2) is 0 Å². The van der Waals surface area contributed by atoms with Crippen molar-refractivity contribution in [2.75, 3.05) is 0 Å². The van der Waals surface area contributed by atoms with Gasteiger partial charge < -0.3 is 4.52 Å². The maximum atomic E-state index is 11.5. The Morgan fingerprint density at radius 3 is 2.57 bits per heavy atom. The summed E-state index contributed by atoms with van der Waals surface area (Å²) >= 11 is 0. The Morgan fingerprint density at radius 2 is 2.21 bits per heavy atom. The average molecular weight is 212 g/mol. The molecule has 0 saturated heterocycles. The van der Waals surface area contributed by atoms with Crippen molar-refractivity contribution in [1.29, 1.82) is 0 Å². The summed E-state index contributed by atoms with van der Waals surface area (Å²) in [6.07, 6.45) is 6.24. The second kappa shape index (κ2) is 4.75. The van der Waals surface area contributed by atoms with E-state index < -0.39 is 0 Å². The van der Waals surface area contributed by atoms with Crippen molar-refractivity contribution in [3.05, 3.63) is 23.8 Å². The van der Waals surface area contributed by atoms with Crippen LogP contribution >= 0.6 is 9.47 Å². The highest BCUT2D eigenvalue weighted by molar-refractivity contribution is 7.10. The normalized spacial score (nSPS) is 22.4. The van der Waals surface area contributed by atoms with Crippen LogP contribution < -0.4 is 0 Å². The highest BCUT2D eigenvalue weighted by atomic mass is 31.0. The molecule has 3 heteroatoms. The summed E-state index contributed by atoms with van der Waals surface area (Å²) in [7, 11) is 2.03. The first-order valence-electron chi connectivity index (χ1n) is 4.83. The molecule has 0 aromatic rings. The van der Waals surface area contributed by atoms with E-state index in [-0.39, 0.29) is 17.8 Å². The molecule has 2 nitrogen and oxygen atoms in total.